The number of hydrogen-bond acceptors (Lipinski definition) is 0. The fraction of sp³-hybridized carbons (Fsp3) is 0.429. The van der Waals surface area contributed by atoms with Crippen molar-refractivity contribution in [3.8, 4) is 22.3 Å². The summed E-state index contributed by atoms with van der Waals surface area (Å²) < 4.78 is 4.56. The van der Waals surface area contributed by atoms with E-state index >= 15 is 0 Å². The number of halogens is 2. The van der Waals surface area contributed by atoms with Gasteiger partial charge in [-0.05, 0) is 0 Å². The van der Waals surface area contributed by atoms with E-state index in [0.717, 1.165) is 31.9 Å². The van der Waals surface area contributed by atoms with Crippen molar-refractivity contribution in [3.05, 3.63) is 129 Å². The van der Waals surface area contributed by atoms with Gasteiger partial charge in [-0.1, -0.05) is 0 Å². The molecule has 0 N–H and O–H groups in total. The van der Waals surface area contributed by atoms with Crippen LogP contribution in [-0.4, -0.2) is 0 Å². The summed E-state index contributed by atoms with van der Waals surface area (Å²) in [4.78, 5) is 0. The molecule has 270 valence electrons. The van der Waals surface area contributed by atoms with Crippen LogP contribution in [0.15, 0.2) is 96.1 Å². The van der Waals surface area contributed by atoms with Gasteiger partial charge in [-0.25, -0.2) is 0 Å². The summed E-state index contributed by atoms with van der Waals surface area (Å²) in [5, 5.41) is 0. The number of rotatable bonds is 8. The van der Waals surface area contributed by atoms with Crippen LogP contribution < -0.4 is 24.8 Å². The summed E-state index contributed by atoms with van der Waals surface area (Å²) in [5.74, 6) is 1.55. The molecule has 4 aromatic carbocycles. The molecule has 1 aliphatic heterocycles. The van der Waals surface area contributed by atoms with Crippen LogP contribution >= 0.6 is 0 Å². The summed E-state index contributed by atoms with van der Waals surface area (Å²) in [6.07, 6.45) is 23.4. The van der Waals surface area contributed by atoms with Crippen LogP contribution in [0.1, 0.15) is 125 Å². The first-order valence-corrected chi connectivity index (χ1v) is 26.9. The molecule has 0 amide bonds. The van der Waals surface area contributed by atoms with Crippen molar-refractivity contribution in [2.75, 3.05) is 0 Å². The Hall–Kier alpha value is -2.18. The van der Waals surface area contributed by atoms with Crippen molar-refractivity contribution in [2.45, 2.75) is 113 Å². The normalized spacial score (nSPS) is 21.7. The van der Waals surface area contributed by atoms with Crippen molar-refractivity contribution in [2.24, 2.45) is 11.8 Å². The van der Waals surface area contributed by atoms with Gasteiger partial charge in [0.05, 0.1) is 0 Å². The quantitative estimate of drug-likeness (QED) is 0.168. The minimum absolute atomic E-state index is 0. The van der Waals surface area contributed by atoms with Gasteiger partial charge in [0.25, 0.3) is 0 Å². The molecular formula is C49H56Cl2Zr. The summed E-state index contributed by atoms with van der Waals surface area (Å²) in [6, 6.07) is 34.1. The smallest absolute Gasteiger partial charge is 1.00 e. The van der Waals surface area contributed by atoms with Gasteiger partial charge >= 0.3 is 309 Å². The van der Waals surface area contributed by atoms with Gasteiger partial charge in [-0.2, -0.15) is 0 Å². The molecule has 5 aliphatic rings. The molecular weight excluding hydrogens is 751 g/mol. The molecule has 0 spiro atoms. The molecule has 9 rings (SSSR count). The molecule has 0 nitrogen and oxygen atoms in total. The molecule has 2 saturated carbocycles. The van der Waals surface area contributed by atoms with E-state index in [1.54, 1.807) is 30.5 Å². The van der Waals surface area contributed by atoms with Crippen LogP contribution in [-0.2, 0) is 33.1 Å². The zero-order valence-electron chi connectivity index (χ0n) is 31.4. The molecule has 52 heavy (non-hydrogen) atoms. The molecule has 2 atom stereocenters. The van der Waals surface area contributed by atoms with E-state index in [2.05, 4.69) is 111 Å². The Labute approximate surface area is 331 Å². The first-order valence-electron chi connectivity index (χ1n) is 20.6. The van der Waals surface area contributed by atoms with E-state index in [1.807, 2.05) is 11.1 Å². The first-order chi connectivity index (χ1) is 24.7. The summed E-state index contributed by atoms with van der Waals surface area (Å²) >= 11 is -2.98. The second-order valence-electron chi connectivity index (χ2n) is 16.6. The van der Waals surface area contributed by atoms with Crippen LogP contribution in [0, 0.1) is 11.8 Å². The van der Waals surface area contributed by atoms with E-state index in [4.69, 9.17) is 0 Å². The van der Waals surface area contributed by atoms with Gasteiger partial charge in [-0.3, -0.25) is 0 Å². The fourth-order valence-electron chi connectivity index (χ4n) is 11.4. The number of hydrogen-bond donors (Lipinski definition) is 0. The molecule has 0 bridgehead atoms. The molecule has 0 radical (unpaired) electrons. The maximum Gasteiger partial charge on any atom is -1.00 e. The predicted octanol–water partition coefficient (Wildman–Crippen LogP) is 8.28. The zero-order chi connectivity index (χ0) is 33.7. The summed E-state index contributed by atoms with van der Waals surface area (Å²) in [5.41, 5.74) is 19.1. The van der Waals surface area contributed by atoms with Crippen molar-refractivity contribution in [3.63, 3.8) is 0 Å². The van der Waals surface area contributed by atoms with Crippen molar-refractivity contribution in [1.82, 2.24) is 0 Å². The molecule has 1 saturated heterocycles. The topological polar surface area (TPSA) is 0 Å². The maximum absolute atomic E-state index is 2.98. The van der Waals surface area contributed by atoms with E-state index in [0.29, 0.717) is 0 Å². The Bertz CT molecular complexity index is 1780. The van der Waals surface area contributed by atoms with E-state index in [-0.39, 0.29) is 24.8 Å². The second-order valence-corrected chi connectivity index (χ2v) is 28.0. The monoisotopic (exact) mass is 804 g/mol. The molecule has 4 aromatic rings. The van der Waals surface area contributed by atoms with Gasteiger partial charge in [0.15, 0.2) is 0 Å². The van der Waals surface area contributed by atoms with Crippen molar-refractivity contribution >= 4 is 12.2 Å². The van der Waals surface area contributed by atoms with E-state index in [9.17, 15) is 0 Å². The number of allylic oxidation sites excluding steroid dienone is 2. The fourth-order valence-corrected chi connectivity index (χ4v) is 27.0. The molecule has 1 heterocycles. The van der Waals surface area contributed by atoms with E-state index in [1.165, 1.54) is 104 Å². The van der Waals surface area contributed by atoms with Crippen LogP contribution in [0.2, 0.25) is 8.26 Å². The Morgan fingerprint density at radius 3 is 1.23 bits per heavy atom. The SMILES string of the molecule is CCc1ccc(-c2cccc3c2C=C(C2CCCCC2)[CH]3[Zr+2]2([CH]3C(C4CCCCC4)=Cc4c(-c5ccc(CC)cc5)cccc43)[CH2]C[CH2]2)cc1.[Cl-].[Cl-]. The minimum Gasteiger partial charge on any atom is -1.00 e. The van der Waals surface area contributed by atoms with Crippen molar-refractivity contribution < 1.29 is 45.1 Å². The van der Waals surface area contributed by atoms with Crippen molar-refractivity contribution in [1.29, 1.82) is 0 Å². The minimum atomic E-state index is -2.98. The summed E-state index contributed by atoms with van der Waals surface area (Å²) in [7, 11) is 0. The molecule has 3 heteroatoms. The van der Waals surface area contributed by atoms with Crippen LogP contribution in [0.3, 0.4) is 0 Å². The number of benzene rings is 4. The third kappa shape index (κ3) is 6.62. The average molecular weight is 807 g/mol. The summed E-state index contributed by atoms with van der Waals surface area (Å²) in [6.45, 7) is 4.54. The second kappa shape index (κ2) is 16.3. The van der Waals surface area contributed by atoms with Gasteiger partial charge in [-0.15, -0.1) is 0 Å². The van der Waals surface area contributed by atoms with E-state index < -0.39 is 20.3 Å². The number of aryl methyl sites for hydroxylation is 2. The maximum atomic E-state index is 2.81. The van der Waals surface area contributed by atoms with Gasteiger partial charge in [0.1, 0.15) is 0 Å². The van der Waals surface area contributed by atoms with Crippen LogP contribution in [0.4, 0.5) is 0 Å². The molecule has 4 aliphatic carbocycles. The van der Waals surface area contributed by atoms with Gasteiger partial charge in [0.2, 0.25) is 0 Å². The standard InChI is InChI=1S/2C23H25.C3H6.2ClH.Zr/c2*1-2-17-11-13-19(14-12-17)22-10-6-9-20-15-21(16-23(20)22)18-7-4-3-5-8-18;1-3-2;;;/h2*6,9-16,18H,2-5,7-8H2,1H3;1-3H2;2*1H;/q;;;;;+2/p-2. The largest absolute Gasteiger partial charge is 1.00 e. The predicted molar refractivity (Wildman–Crippen MR) is 211 cm³/mol. The molecule has 2 unspecified atom stereocenters. The average Bonchev–Trinajstić information content (AvgIpc) is 3.76. The van der Waals surface area contributed by atoms with Crippen LogP contribution in [0.25, 0.3) is 34.4 Å². The Morgan fingerprint density at radius 1 is 0.481 bits per heavy atom. The number of fused-ring (bicyclic) bond motifs is 2. The Kier molecular flexibility index (Phi) is 11.9. The third-order valence-corrected chi connectivity index (χ3v) is 29.3. The Morgan fingerprint density at radius 2 is 0.885 bits per heavy atom. The molecule has 0 aromatic heterocycles. The van der Waals surface area contributed by atoms with Crippen LogP contribution in [0.5, 0.6) is 0 Å². The Balaban J connectivity index is 0.00000210. The third-order valence-electron chi connectivity index (χ3n) is 14.1. The first kappa shape index (κ1) is 38.1. The molecule has 3 fully saturated rings. The van der Waals surface area contributed by atoms with Gasteiger partial charge in [0, 0.05) is 0 Å². The zero-order valence-corrected chi connectivity index (χ0v) is 35.4. The van der Waals surface area contributed by atoms with Gasteiger partial charge < -0.3 is 24.8 Å².